The fourth-order valence-corrected chi connectivity index (χ4v) is 94.8. The molecule has 0 nitrogen and oxygen atoms in total. The lowest BCUT2D eigenvalue weighted by molar-refractivity contribution is 2.08. The van der Waals surface area contributed by atoms with Gasteiger partial charge in [0.2, 0.25) is 0 Å². The van der Waals surface area contributed by atoms with E-state index in [2.05, 4.69) is 108 Å². The Labute approximate surface area is 162 Å². The third-order valence-electron chi connectivity index (χ3n) is 4.61. The molecule has 120 valence electrons. The number of hydrogen-bond acceptors (Lipinski definition) is 0. The first-order valence-corrected chi connectivity index (χ1v) is 25.9. The molecule has 0 bridgehead atoms. The van der Waals surface area contributed by atoms with Crippen LogP contribution in [-0.2, 0) is 0 Å². The zero-order valence-electron chi connectivity index (χ0n) is 14.3. The van der Waals surface area contributed by atoms with Crippen LogP contribution in [0.4, 0.5) is 0 Å². The van der Waals surface area contributed by atoms with E-state index in [-0.39, 0.29) is 0 Å². The van der Waals surface area contributed by atoms with Gasteiger partial charge in [0.15, 0.2) is 0 Å². The Bertz CT molecular complexity index is 498. The van der Waals surface area contributed by atoms with Crippen molar-refractivity contribution in [3.63, 3.8) is 0 Å². The number of rotatable bonds is 14. The molecule has 0 heterocycles. The predicted molar refractivity (Wildman–Crippen MR) is 128 cm³/mol. The summed E-state index contributed by atoms with van der Waals surface area (Å²) in [6, 6.07) is 0. The fraction of sp³-hybridized carbons (Fsp3) is 0. The first kappa shape index (κ1) is 23.7. The summed E-state index contributed by atoms with van der Waals surface area (Å²) in [5.74, 6) is 0. The standard InChI is InChI=1S/C16H24Si8/c1-9-21(20-19-18-17)23(13-5,14-6)24(15-7,16-8)22(10-2,11-3)12-4/h9-16H,1-8H2. The van der Waals surface area contributed by atoms with E-state index < -0.39 is 29.6 Å². The van der Waals surface area contributed by atoms with Crippen LogP contribution in [0.5, 0.6) is 0 Å². The zero-order chi connectivity index (χ0) is 18.9. The first-order valence-electron chi connectivity index (χ1n) is 7.33. The Morgan fingerprint density at radius 1 is 0.708 bits per heavy atom. The van der Waals surface area contributed by atoms with E-state index in [1.165, 1.54) is 0 Å². The third kappa shape index (κ3) is 3.60. The van der Waals surface area contributed by atoms with Crippen molar-refractivity contribution in [2.45, 2.75) is 0 Å². The van der Waals surface area contributed by atoms with E-state index in [1.54, 1.807) is 0 Å². The molecule has 0 aliphatic rings. The summed E-state index contributed by atoms with van der Waals surface area (Å²) in [6.45, 7) is 33.8. The van der Waals surface area contributed by atoms with E-state index in [0.717, 1.165) is 25.7 Å². The van der Waals surface area contributed by atoms with Crippen LogP contribution in [0.15, 0.2) is 98.2 Å². The molecule has 0 aromatic heterocycles. The van der Waals surface area contributed by atoms with Gasteiger partial charge in [-0.15, -0.1) is 81.1 Å². The largest absolute Gasteiger partial charge is 0.122 e. The van der Waals surface area contributed by atoms with E-state index in [1.807, 2.05) is 0 Å². The molecule has 0 saturated heterocycles. The molecule has 0 N–H and O–H groups in total. The monoisotopic (exact) mass is 440 g/mol. The summed E-state index contributed by atoms with van der Waals surface area (Å²) in [7, 11) is -1.14. The quantitative estimate of drug-likeness (QED) is 0.364. The predicted octanol–water partition coefficient (Wildman–Crippen LogP) is 2.39. The summed E-state index contributed by atoms with van der Waals surface area (Å²) >= 11 is 0. The molecule has 0 aliphatic carbocycles. The molecular formula is C16H24Si8. The molecule has 0 atom stereocenters. The molecule has 0 saturated carbocycles. The SMILES string of the molecule is C=C[Si]([Si][Si][Si][Si])[Si](C=C)(C=C)[Si](C=C)(C=C)[Si](C=C)(C=C)C=C. The van der Waals surface area contributed by atoms with Crippen LogP contribution in [0.3, 0.4) is 0 Å². The Morgan fingerprint density at radius 2 is 1.17 bits per heavy atom. The van der Waals surface area contributed by atoms with Crippen LogP contribution >= 0.6 is 0 Å². The molecule has 0 spiro atoms. The molecule has 0 aliphatic heterocycles. The smallest absolute Gasteiger partial charge is 0.109 e. The van der Waals surface area contributed by atoms with Crippen LogP contribution < -0.4 is 0 Å². The van der Waals surface area contributed by atoms with Gasteiger partial charge in [0.25, 0.3) is 0 Å². The fourth-order valence-electron chi connectivity index (χ4n) is 3.18. The van der Waals surface area contributed by atoms with Crippen LogP contribution in [0.25, 0.3) is 0 Å². The van der Waals surface area contributed by atoms with Crippen LogP contribution in [0.2, 0.25) is 0 Å². The van der Waals surface area contributed by atoms with Gasteiger partial charge in [-0.05, 0) is 0 Å². The summed E-state index contributed by atoms with van der Waals surface area (Å²) in [5, 5.41) is 0. The summed E-state index contributed by atoms with van der Waals surface area (Å²) in [4.78, 5) is 0. The van der Waals surface area contributed by atoms with Gasteiger partial charge >= 0.3 is 0 Å². The first-order chi connectivity index (χ1) is 11.4. The maximum Gasteiger partial charge on any atom is 0.122 e. The lowest BCUT2D eigenvalue weighted by Gasteiger charge is -2.51. The van der Waals surface area contributed by atoms with E-state index in [4.69, 9.17) is 0 Å². The zero-order valence-corrected chi connectivity index (χ0v) is 22.3. The summed E-state index contributed by atoms with van der Waals surface area (Å²) < 4.78 is 0. The average molecular weight is 441 g/mol. The Balaban J connectivity index is 6.89. The summed E-state index contributed by atoms with van der Waals surface area (Å²) in [5.41, 5.74) is 17.3. The van der Waals surface area contributed by atoms with Crippen molar-refractivity contribution in [2.75, 3.05) is 0 Å². The van der Waals surface area contributed by atoms with E-state index >= 15 is 0 Å². The minimum Gasteiger partial charge on any atom is -0.109 e. The molecule has 0 fully saturated rings. The number of hydrogen-bond donors (Lipinski definition) is 0. The highest BCUT2D eigenvalue weighted by Crippen LogP contribution is 2.36. The van der Waals surface area contributed by atoms with Crippen molar-refractivity contribution >= 4 is 65.1 Å². The minimum absolute atomic E-state index is 0.799. The van der Waals surface area contributed by atoms with Gasteiger partial charge in [-0.3, -0.25) is 0 Å². The second kappa shape index (κ2) is 10.6. The van der Waals surface area contributed by atoms with Crippen LogP contribution in [-0.4, -0.2) is 65.1 Å². The average Bonchev–Trinajstić information content (AvgIpc) is 2.64. The molecule has 0 unspecified atom stereocenters. The molecule has 0 amide bonds. The highest BCUT2D eigenvalue weighted by molar-refractivity contribution is 7.94. The van der Waals surface area contributed by atoms with Crippen LogP contribution in [0.1, 0.15) is 0 Å². The second-order valence-corrected chi connectivity index (χ2v) is 44.5. The van der Waals surface area contributed by atoms with Gasteiger partial charge in [-0.2, -0.15) is 0 Å². The molecule has 0 rings (SSSR count). The van der Waals surface area contributed by atoms with Crippen molar-refractivity contribution in [2.24, 2.45) is 0 Å². The third-order valence-corrected chi connectivity index (χ3v) is 71.2. The van der Waals surface area contributed by atoms with Gasteiger partial charge < -0.3 is 0 Å². The Morgan fingerprint density at radius 3 is 1.42 bits per heavy atom. The van der Waals surface area contributed by atoms with E-state index in [0.29, 0.717) is 0 Å². The minimum atomic E-state index is -2.25. The normalized spacial score (nSPS) is 12.1. The molecular weight excluding hydrogens is 417 g/mol. The second-order valence-electron chi connectivity index (χ2n) is 5.09. The maximum absolute atomic E-state index is 4.28. The summed E-state index contributed by atoms with van der Waals surface area (Å²) in [6.07, 6.45) is 0. The van der Waals surface area contributed by atoms with Crippen molar-refractivity contribution in [3.05, 3.63) is 98.2 Å². The Kier molecular flexibility index (Phi) is 10.4. The van der Waals surface area contributed by atoms with E-state index in [9.17, 15) is 0 Å². The highest BCUT2D eigenvalue weighted by atomic mass is 30.0. The van der Waals surface area contributed by atoms with Crippen molar-refractivity contribution < 1.29 is 0 Å². The molecule has 24 heavy (non-hydrogen) atoms. The van der Waals surface area contributed by atoms with Crippen molar-refractivity contribution in [1.29, 1.82) is 0 Å². The van der Waals surface area contributed by atoms with Gasteiger partial charge in [-0.1, -0.05) is 17.1 Å². The Hall–Kier alpha value is -0.345. The molecule has 0 aromatic carbocycles. The van der Waals surface area contributed by atoms with Crippen molar-refractivity contribution in [1.82, 2.24) is 0 Å². The molecule has 8 heteroatoms. The highest BCUT2D eigenvalue weighted by Gasteiger charge is 2.60. The topological polar surface area (TPSA) is 0 Å². The molecule has 0 aromatic rings. The van der Waals surface area contributed by atoms with Gasteiger partial charge in [0.05, 0.1) is 14.9 Å². The van der Waals surface area contributed by atoms with Gasteiger partial charge in [0, 0.05) is 35.4 Å². The lowest BCUT2D eigenvalue weighted by Crippen LogP contribution is -2.80. The van der Waals surface area contributed by atoms with Crippen LogP contribution in [0, 0.1) is 0 Å². The lowest BCUT2D eigenvalue weighted by atomic mass is 11.2. The van der Waals surface area contributed by atoms with Crippen molar-refractivity contribution in [3.8, 4) is 0 Å². The van der Waals surface area contributed by atoms with Gasteiger partial charge in [0.1, 0.15) is 14.7 Å². The van der Waals surface area contributed by atoms with Gasteiger partial charge in [-0.25, -0.2) is 0 Å². The maximum atomic E-state index is 4.28. The molecule has 10 radical (unpaired) electrons.